The maximum absolute atomic E-state index is 5.75. The van der Waals surface area contributed by atoms with E-state index in [1.165, 1.54) is 36.8 Å². The second kappa shape index (κ2) is 5.29. The van der Waals surface area contributed by atoms with E-state index in [0.717, 1.165) is 31.1 Å². The SMILES string of the molecule is NNC(CC1CCCC1)c1ccc2c(c1)CCO2. The second-order valence-corrected chi connectivity index (χ2v) is 5.57. The van der Waals surface area contributed by atoms with E-state index in [-0.39, 0.29) is 0 Å². The van der Waals surface area contributed by atoms with Gasteiger partial charge in [0.15, 0.2) is 0 Å². The summed E-state index contributed by atoms with van der Waals surface area (Å²) in [7, 11) is 0. The fourth-order valence-electron chi connectivity index (χ4n) is 3.30. The Morgan fingerprint density at radius 2 is 2.17 bits per heavy atom. The van der Waals surface area contributed by atoms with Gasteiger partial charge in [-0.05, 0) is 29.5 Å². The molecule has 0 bridgehead atoms. The van der Waals surface area contributed by atoms with Crippen molar-refractivity contribution in [3.8, 4) is 5.75 Å². The van der Waals surface area contributed by atoms with Crippen molar-refractivity contribution in [3.63, 3.8) is 0 Å². The lowest BCUT2D eigenvalue weighted by Crippen LogP contribution is -2.29. The minimum atomic E-state index is 0.291. The molecule has 1 aliphatic carbocycles. The summed E-state index contributed by atoms with van der Waals surface area (Å²) in [6.07, 6.45) is 7.71. The van der Waals surface area contributed by atoms with Crippen molar-refractivity contribution in [2.75, 3.05) is 6.61 Å². The second-order valence-electron chi connectivity index (χ2n) is 5.57. The first-order valence-corrected chi connectivity index (χ1v) is 7.08. The Balaban J connectivity index is 1.74. The normalized spacial score (nSPS) is 20.7. The number of nitrogens with two attached hydrogens (primary N) is 1. The molecule has 0 aromatic heterocycles. The Labute approximate surface area is 109 Å². The summed E-state index contributed by atoms with van der Waals surface area (Å²) in [5.41, 5.74) is 5.64. The van der Waals surface area contributed by atoms with Gasteiger partial charge in [0.1, 0.15) is 5.75 Å². The maximum Gasteiger partial charge on any atom is 0.122 e. The van der Waals surface area contributed by atoms with E-state index >= 15 is 0 Å². The van der Waals surface area contributed by atoms with Crippen molar-refractivity contribution in [3.05, 3.63) is 29.3 Å². The van der Waals surface area contributed by atoms with Gasteiger partial charge in [0, 0.05) is 12.5 Å². The Kier molecular flexibility index (Phi) is 3.52. The molecule has 1 aromatic rings. The van der Waals surface area contributed by atoms with E-state index in [4.69, 9.17) is 10.6 Å². The highest BCUT2D eigenvalue weighted by Crippen LogP contribution is 2.34. The molecule has 1 saturated carbocycles. The molecule has 18 heavy (non-hydrogen) atoms. The molecule has 0 radical (unpaired) electrons. The molecule has 3 heteroatoms. The number of hydrazine groups is 1. The minimum absolute atomic E-state index is 0.291. The standard InChI is InChI=1S/C15H22N2O/c16-17-14(9-11-3-1-2-4-11)12-5-6-15-13(10-12)7-8-18-15/h5-6,10-11,14,17H,1-4,7-9,16H2. The fraction of sp³-hybridized carbons (Fsp3) is 0.600. The molecule has 3 rings (SSSR count). The Morgan fingerprint density at radius 3 is 2.94 bits per heavy atom. The summed E-state index contributed by atoms with van der Waals surface area (Å²) in [6.45, 7) is 0.822. The number of ether oxygens (including phenoxy) is 1. The van der Waals surface area contributed by atoms with Crippen LogP contribution in [0.2, 0.25) is 0 Å². The van der Waals surface area contributed by atoms with E-state index in [9.17, 15) is 0 Å². The van der Waals surface area contributed by atoms with Crippen LogP contribution in [0.4, 0.5) is 0 Å². The van der Waals surface area contributed by atoms with Crippen LogP contribution in [0.25, 0.3) is 0 Å². The summed E-state index contributed by atoms with van der Waals surface area (Å²) in [5, 5.41) is 0. The lowest BCUT2D eigenvalue weighted by molar-refractivity contribution is 0.356. The van der Waals surface area contributed by atoms with Crippen molar-refractivity contribution in [2.45, 2.75) is 44.6 Å². The van der Waals surface area contributed by atoms with Gasteiger partial charge in [0.2, 0.25) is 0 Å². The highest BCUT2D eigenvalue weighted by Gasteiger charge is 2.22. The Morgan fingerprint density at radius 1 is 1.33 bits per heavy atom. The van der Waals surface area contributed by atoms with Crippen LogP contribution in [0.15, 0.2) is 18.2 Å². The van der Waals surface area contributed by atoms with Gasteiger partial charge >= 0.3 is 0 Å². The maximum atomic E-state index is 5.75. The molecular weight excluding hydrogens is 224 g/mol. The van der Waals surface area contributed by atoms with Crippen molar-refractivity contribution in [2.24, 2.45) is 11.8 Å². The monoisotopic (exact) mass is 246 g/mol. The molecular formula is C15H22N2O. The van der Waals surface area contributed by atoms with Crippen LogP contribution in [0.3, 0.4) is 0 Å². The number of hydrogen-bond acceptors (Lipinski definition) is 3. The smallest absolute Gasteiger partial charge is 0.122 e. The highest BCUT2D eigenvalue weighted by atomic mass is 16.5. The topological polar surface area (TPSA) is 47.3 Å². The summed E-state index contributed by atoms with van der Waals surface area (Å²) < 4.78 is 5.55. The molecule has 3 N–H and O–H groups in total. The van der Waals surface area contributed by atoms with Crippen LogP contribution in [0.1, 0.15) is 49.3 Å². The third-order valence-corrected chi connectivity index (χ3v) is 4.36. The zero-order chi connectivity index (χ0) is 12.4. The van der Waals surface area contributed by atoms with Gasteiger partial charge in [-0.2, -0.15) is 0 Å². The quantitative estimate of drug-likeness (QED) is 0.634. The van der Waals surface area contributed by atoms with Gasteiger partial charge in [-0.1, -0.05) is 37.8 Å². The molecule has 1 aliphatic heterocycles. The van der Waals surface area contributed by atoms with Crippen LogP contribution in [-0.4, -0.2) is 6.61 Å². The van der Waals surface area contributed by atoms with Crippen LogP contribution >= 0.6 is 0 Å². The minimum Gasteiger partial charge on any atom is -0.493 e. The summed E-state index contributed by atoms with van der Waals surface area (Å²) in [5.74, 6) is 7.64. The first kappa shape index (κ1) is 12.0. The van der Waals surface area contributed by atoms with Gasteiger partial charge in [-0.25, -0.2) is 0 Å². The molecule has 3 nitrogen and oxygen atoms in total. The van der Waals surface area contributed by atoms with Gasteiger partial charge in [-0.3, -0.25) is 11.3 Å². The summed E-state index contributed by atoms with van der Waals surface area (Å²) in [6, 6.07) is 6.81. The third-order valence-electron chi connectivity index (χ3n) is 4.36. The number of nitrogens with one attached hydrogen (secondary N) is 1. The van der Waals surface area contributed by atoms with Crippen LogP contribution in [-0.2, 0) is 6.42 Å². The van der Waals surface area contributed by atoms with Gasteiger partial charge in [0.25, 0.3) is 0 Å². The first-order chi connectivity index (χ1) is 8.86. The zero-order valence-electron chi connectivity index (χ0n) is 10.8. The zero-order valence-corrected chi connectivity index (χ0v) is 10.8. The van der Waals surface area contributed by atoms with Gasteiger partial charge < -0.3 is 4.74 Å². The molecule has 0 saturated heterocycles. The lowest BCUT2D eigenvalue weighted by atomic mass is 9.93. The average molecular weight is 246 g/mol. The Hall–Kier alpha value is -1.06. The molecule has 1 aromatic carbocycles. The van der Waals surface area contributed by atoms with E-state index in [0.29, 0.717) is 6.04 Å². The average Bonchev–Trinajstić information content (AvgIpc) is 3.06. The molecule has 1 fully saturated rings. The highest BCUT2D eigenvalue weighted by molar-refractivity contribution is 5.40. The molecule has 0 amide bonds. The summed E-state index contributed by atoms with van der Waals surface area (Å²) >= 11 is 0. The van der Waals surface area contributed by atoms with Gasteiger partial charge in [0.05, 0.1) is 6.61 Å². The molecule has 2 aliphatic rings. The van der Waals surface area contributed by atoms with Crippen molar-refractivity contribution < 1.29 is 4.74 Å². The van der Waals surface area contributed by atoms with E-state index in [1.54, 1.807) is 0 Å². The van der Waals surface area contributed by atoms with Crippen LogP contribution < -0.4 is 16.0 Å². The van der Waals surface area contributed by atoms with Crippen LogP contribution in [0.5, 0.6) is 5.75 Å². The third kappa shape index (κ3) is 2.38. The predicted molar refractivity (Wildman–Crippen MR) is 72.3 cm³/mol. The van der Waals surface area contributed by atoms with E-state index in [1.807, 2.05) is 0 Å². The first-order valence-electron chi connectivity index (χ1n) is 7.08. The number of hydrogen-bond donors (Lipinski definition) is 2. The fourth-order valence-corrected chi connectivity index (χ4v) is 3.30. The molecule has 1 unspecified atom stereocenters. The Bertz CT molecular complexity index is 413. The van der Waals surface area contributed by atoms with Crippen LogP contribution in [0, 0.1) is 5.92 Å². The lowest BCUT2D eigenvalue weighted by Gasteiger charge is -2.20. The summed E-state index contributed by atoms with van der Waals surface area (Å²) in [4.78, 5) is 0. The molecule has 0 spiro atoms. The van der Waals surface area contributed by atoms with Crippen molar-refractivity contribution in [1.29, 1.82) is 0 Å². The molecule has 1 atom stereocenters. The number of fused-ring (bicyclic) bond motifs is 1. The molecule has 1 heterocycles. The van der Waals surface area contributed by atoms with E-state index in [2.05, 4.69) is 23.6 Å². The largest absolute Gasteiger partial charge is 0.493 e. The van der Waals surface area contributed by atoms with Gasteiger partial charge in [-0.15, -0.1) is 0 Å². The number of rotatable bonds is 4. The van der Waals surface area contributed by atoms with Crippen molar-refractivity contribution >= 4 is 0 Å². The molecule has 98 valence electrons. The number of benzene rings is 1. The predicted octanol–water partition coefficient (Wildman–Crippen LogP) is 2.71. The van der Waals surface area contributed by atoms with E-state index < -0.39 is 0 Å². The van der Waals surface area contributed by atoms with Crippen molar-refractivity contribution in [1.82, 2.24) is 5.43 Å².